The van der Waals surface area contributed by atoms with E-state index in [-0.39, 0.29) is 26.0 Å². The molecule has 2 aromatic rings. The van der Waals surface area contributed by atoms with Gasteiger partial charge in [0.05, 0.1) is 6.54 Å². The van der Waals surface area contributed by atoms with E-state index >= 15 is 0 Å². The summed E-state index contributed by atoms with van der Waals surface area (Å²) in [7, 11) is 0. The zero-order valence-corrected chi connectivity index (χ0v) is 17.7. The van der Waals surface area contributed by atoms with Crippen molar-refractivity contribution in [3.63, 3.8) is 0 Å². The first-order chi connectivity index (χ1) is 14.8. The summed E-state index contributed by atoms with van der Waals surface area (Å²) in [5.74, 6) is -1.10. The average molecular weight is 446 g/mol. The van der Waals surface area contributed by atoms with Crippen molar-refractivity contribution in [3.05, 3.63) is 64.2 Å². The lowest BCUT2D eigenvalue weighted by Gasteiger charge is -2.34. The lowest BCUT2D eigenvalue weighted by molar-refractivity contribution is -0.130. The van der Waals surface area contributed by atoms with Gasteiger partial charge < -0.3 is 20.8 Å². The molecule has 1 unspecified atom stereocenters. The fourth-order valence-electron chi connectivity index (χ4n) is 3.58. The van der Waals surface area contributed by atoms with Crippen molar-refractivity contribution >= 4 is 35.2 Å². The summed E-state index contributed by atoms with van der Waals surface area (Å²) in [6.45, 7) is 1.56. The smallest absolute Gasteiger partial charge is 0.408 e. The zero-order chi connectivity index (χ0) is 22.5. The van der Waals surface area contributed by atoms with Crippen molar-refractivity contribution in [2.75, 3.05) is 11.9 Å². The molecule has 0 saturated heterocycles. The molecule has 8 nitrogen and oxygen atoms in total. The summed E-state index contributed by atoms with van der Waals surface area (Å²) in [5, 5.41) is 24.8. The monoisotopic (exact) mass is 445 g/mol. The number of hydrogen-bond acceptors (Lipinski definition) is 4. The van der Waals surface area contributed by atoms with Gasteiger partial charge in [0.25, 0.3) is 0 Å². The summed E-state index contributed by atoms with van der Waals surface area (Å²) in [6.07, 6.45) is -1.02. The molecule has 0 aliphatic carbocycles. The largest absolute Gasteiger partial charge is 0.465 e. The highest BCUT2D eigenvalue weighted by Gasteiger charge is 2.36. The number of carbonyl (C=O) groups excluding carboxylic acids is 2. The van der Waals surface area contributed by atoms with Crippen molar-refractivity contribution in [2.24, 2.45) is 0 Å². The van der Waals surface area contributed by atoms with Gasteiger partial charge in [0.1, 0.15) is 12.1 Å². The second-order valence-electron chi connectivity index (χ2n) is 7.43. The van der Waals surface area contributed by atoms with Crippen LogP contribution >= 0.6 is 11.6 Å². The summed E-state index contributed by atoms with van der Waals surface area (Å²) >= 11 is 6.00. The van der Waals surface area contributed by atoms with Crippen molar-refractivity contribution in [1.29, 1.82) is 0 Å². The minimum Gasteiger partial charge on any atom is -0.465 e. The Morgan fingerprint density at radius 1 is 1.19 bits per heavy atom. The van der Waals surface area contributed by atoms with Gasteiger partial charge in [0.2, 0.25) is 11.8 Å². The van der Waals surface area contributed by atoms with E-state index in [2.05, 4.69) is 10.6 Å². The Balaban J connectivity index is 1.75. The third-order valence-corrected chi connectivity index (χ3v) is 5.70. The van der Waals surface area contributed by atoms with E-state index in [0.717, 1.165) is 21.6 Å². The summed E-state index contributed by atoms with van der Waals surface area (Å²) < 4.78 is 0. The molecule has 2 aromatic carbocycles. The first-order valence-corrected chi connectivity index (χ1v) is 10.2. The van der Waals surface area contributed by atoms with Crippen molar-refractivity contribution in [3.8, 4) is 0 Å². The number of carboxylic acid groups (broad SMARTS) is 1. The SMILES string of the molecule is Cc1cc(NC(=O)C(CCO)NC(=O)[C@@H]2Cc3ccccc3CN2C(=O)O)ccc1Cl. The minimum absolute atomic E-state index is 0.0134. The van der Waals surface area contributed by atoms with Crippen LogP contribution in [0.1, 0.15) is 23.1 Å². The Morgan fingerprint density at radius 3 is 2.55 bits per heavy atom. The standard InChI is InChI=1S/C22H24ClN3O5/c1-13-10-16(6-7-17(13)23)24-20(28)18(8-9-27)25-21(29)19-11-14-4-2-3-5-15(14)12-26(19)22(30)31/h2-7,10,18-19,27H,8-9,11-12H2,1H3,(H,24,28)(H,25,29)(H,30,31)/t18?,19-/m0/s1. The van der Waals surface area contributed by atoms with Gasteiger partial charge in [0.15, 0.2) is 0 Å². The van der Waals surface area contributed by atoms with Crippen LogP contribution in [0.25, 0.3) is 0 Å². The number of anilines is 1. The van der Waals surface area contributed by atoms with Crippen LogP contribution < -0.4 is 10.6 Å². The molecule has 1 heterocycles. The normalized spacial score (nSPS) is 16.2. The number of aliphatic hydroxyl groups is 1. The Morgan fingerprint density at radius 2 is 1.90 bits per heavy atom. The number of fused-ring (bicyclic) bond motifs is 1. The molecule has 2 atom stereocenters. The Hall–Kier alpha value is -3.10. The summed E-state index contributed by atoms with van der Waals surface area (Å²) in [6, 6.07) is 10.3. The van der Waals surface area contributed by atoms with Gasteiger partial charge in [-0.25, -0.2) is 4.79 Å². The quantitative estimate of drug-likeness (QED) is 0.545. The van der Waals surface area contributed by atoms with Crippen LogP contribution in [0, 0.1) is 6.92 Å². The molecule has 164 valence electrons. The number of halogens is 1. The molecule has 9 heteroatoms. The lowest BCUT2D eigenvalue weighted by atomic mass is 9.93. The third-order valence-electron chi connectivity index (χ3n) is 5.27. The predicted octanol–water partition coefficient (Wildman–Crippen LogP) is 2.56. The molecule has 0 spiro atoms. The minimum atomic E-state index is -1.21. The number of benzene rings is 2. The molecular weight excluding hydrogens is 422 g/mol. The van der Waals surface area contributed by atoms with Crippen LogP contribution in [0.5, 0.6) is 0 Å². The number of carbonyl (C=O) groups is 3. The van der Waals surface area contributed by atoms with Crippen molar-refractivity contribution in [2.45, 2.75) is 38.4 Å². The molecule has 3 amide bonds. The molecule has 0 radical (unpaired) electrons. The highest BCUT2D eigenvalue weighted by molar-refractivity contribution is 6.31. The molecule has 0 saturated carbocycles. The molecule has 0 aromatic heterocycles. The summed E-state index contributed by atoms with van der Waals surface area (Å²) in [4.78, 5) is 38.5. The first kappa shape index (κ1) is 22.6. The second-order valence-corrected chi connectivity index (χ2v) is 7.83. The van der Waals surface area contributed by atoms with E-state index in [1.165, 1.54) is 0 Å². The van der Waals surface area contributed by atoms with E-state index in [1.54, 1.807) is 25.1 Å². The molecule has 1 aliphatic rings. The number of aliphatic hydroxyl groups excluding tert-OH is 1. The molecule has 0 fully saturated rings. The van der Waals surface area contributed by atoms with Gasteiger partial charge in [-0.2, -0.15) is 0 Å². The van der Waals surface area contributed by atoms with E-state index in [1.807, 2.05) is 24.3 Å². The number of aryl methyl sites for hydroxylation is 1. The Bertz CT molecular complexity index is 997. The topological polar surface area (TPSA) is 119 Å². The first-order valence-electron chi connectivity index (χ1n) is 9.84. The van der Waals surface area contributed by atoms with Gasteiger partial charge in [0, 0.05) is 23.7 Å². The van der Waals surface area contributed by atoms with Crippen LogP contribution in [0.2, 0.25) is 5.02 Å². The van der Waals surface area contributed by atoms with Gasteiger partial charge in [-0.1, -0.05) is 35.9 Å². The second kappa shape index (κ2) is 9.80. The maximum absolute atomic E-state index is 13.0. The van der Waals surface area contributed by atoms with E-state index < -0.39 is 30.0 Å². The van der Waals surface area contributed by atoms with Gasteiger partial charge in [-0.3, -0.25) is 14.5 Å². The average Bonchev–Trinajstić information content (AvgIpc) is 2.74. The molecular formula is C22H24ClN3O5. The summed E-state index contributed by atoms with van der Waals surface area (Å²) in [5.41, 5.74) is 3.01. The molecule has 3 rings (SSSR count). The predicted molar refractivity (Wildman–Crippen MR) is 116 cm³/mol. The van der Waals surface area contributed by atoms with Gasteiger partial charge >= 0.3 is 6.09 Å². The number of nitrogens with zero attached hydrogens (tertiary/aromatic N) is 1. The van der Waals surface area contributed by atoms with Crippen LogP contribution in [0.3, 0.4) is 0 Å². The number of hydrogen-bond donors (Lipinski definition) is 4. The lowest BCUT2D eigenvalue weighted by Crippen LogP contribution is -2.56. The highest BCUT2D eigenvalue weighted by atomic mass is 35.5. The third kappa shape index (κ3) is 5.34. The maximum Gasteiger partial charge on any atom is 0.408 e. The fourth-order valence-corrected chi connectivity index (χ4v) is 3.69. The van der Waals surface area contributed by atoms with Gasteiger partial charge in [-0.05, 0) is 48.2 Å². The number of amides is 3. The van der Waals surface area contributed by atoms with Crippen molar-refractivity contribution < 1.29 is 24.6 Å². The highest BCUT2D eigenvalue weighted by Crippen LogP contribution is 2.24. The maximum atomic E-state index is 13.0. The van der Waals surface area contributed by atoms with Crippen LogP contribution in [-0.2, 0) is 22.6 Å². The fraction of sp³-hybridized carbons (Fsp3) is 0.318. The van der Waals surface area contributed by atoms with Crippen LogP contribution in [0.15, 0.2) is 42.5 Å². The van der Waals surface area contributed by atoms with Crippen molar-refractivity contribution in [1.82, 2.24) is 10.2 Å². The molecule has 1 aliphatic heterocycles. The number of rotatable bonds is 6. The molecule has 0 bridgehead atoms. The van der Waals surface area contributed by atoms with E-state index in [0.29, 0.717) is 10.7 Å². The zero-order valence-electron chi connectivity index (χ0n) is 17.0. The van der Waals surface area contributed by atoms with E-state index in [4.69, 9.17) is 11.6 Å². The van der Waals surface area contributed by atoms with Gasteiger partial charge in [-0.15, -0.1) is 0 Å². The van der Waals surface area contributed by atoms with Crippen LogP contribution in [0.4, 0.5) is 10.5 Å². The molecule has 31 heavy (non-hydrogen) atoms. The Kier molecular flexibility index (Phi) is 7.14. The number of nitrogens with one attached hydrogen (secondary N) is 2. The Labute approximate surface area is 184 Å². The van der Waals surface area contributed by atoms with E-state index in [9.17, 15) is 24.6 Å². The van der Waals surface area contributed by atoms with Crippen LogP contribution in [-0.4, -0.2) is 51.7 Å². The molecule has 4 N–H and O–H groups in total.